The number of rotatable bonds is 8. The Morgan fingerprint density at radius 3 is 2.02 bits per heavy atom. The van der Waals surface area contributed by atoms with Gasteiger partial charge >= 0.3 is 18.3 Å². The number of carbonyl (C=O) groups excluding carboxylic acids is 2. The Balaban J connectivity index is 1.23. The number of anilines is 2. The Morgan fingerprint density at radius 2 is 1.46 bits per heavy atom. The molecule has 54 heavy (non-hydrogen) atoms. The molecule has 280 valence electrons. The number of alkyl halides is 6. The van der Waals surface area contributed by atoms with Gasteiger partial charge in [0, 0.05) is 30.8 Å². The van der Waals surface area contributed by atoms with Crippen molar-refractivity contribution in [2.45, 2.75) is 55.8 Å². The van der Waals surface area contributed by atoms with Gasteiger partial charge in [-0.1, -0.05) is 91.0 Å². The van der Waals surface area contributed by atoms with E-state index < -0.39 is 59.3 Å². The van der Waals surface area contributed by atoms with E-state index in [0.29, 0.717) is 22.9 Å². The number of ether oxygens (including phenoxy) is 1. The van der Waals surface area contributed by atoms with Crippen molar-refractivity contribution in [3.63, 3.8) is 0 Å². The molecule has 0 bridgehead atoms. The molecule has 7 rings (SSSR count). The summed E-state index contributed by atoms with van der Waals surface area (Å²) >= 11 is 0. The standard InChI is InChI=1S/C39H33F6N5O4/c40-38(41,42)28-21-46-29(20-27(28)37(53)54-22-23-10-4-1-5-11-23)49-18-16-24(17-19-49)32-30-31(39(43,44)45)34(51)36(52)47-35(30)50(48-32)33(25-12-6-2-7-13-25)26-14-8-3-9-15-26/h1-15,20-21,24,31,33-34,51H,16-19,22H2,(H,47,52). The number of nitrogens with zero attached hydrogens (tertiary/aromatic N) is 4. The summed E-state index contributed by atoms with van der Waals surface area (Å²) in [4.78, 5) is 31.5. The van der Waals surface area contributed by atoms with E-state index in [1.54, 1.807) is 95.9 Å². The minimum atomic E-state index is -5.01. The van der Waals surface area contributed by atoms with E-state index in [9.17, 15) is 41.0 Å². The number of aliphatic hydroxyl groups excluding tert-OH is 1. The highest BCUT2D eigenvalue weighted by atomic mass is 19.4. The molecule has 2 aliphatic rings. The Bertz CT molecular complexity index is 2080. The summed E-state index contributed by atoms with van der Waals surface area (Å²) < 4.78 is 92.9. The fourth-order valence-electron chi connectivity index (χ4n) is 7.17. The van der Waals surface area contributed by atoms with Crippen molar-refractivity contribution in [2.24, 2.45) is 0 Å². The zero-order valence-corrected chi connectivity index (χ0v) is 28.4. The second-order valence-corrected chi connectivity index (χ2v) is 13.2. The lowest BCUT2D eigenvalue weighted by Crippen LogP contribution is -2.45. The number of carbonyl (C=O) groups is 2. The van der Waals surface area contributed by atoms with Crippen molar-refractivity contribution < 1.29 is 45.8 Å². The van der Waals surface area contributed by atoms with Crippen molar-refractivity contribution in [2.75, 3.05) is 23.3 Å². The molecule has 9 nitrogen and oxygen atoms in total. The molecule has 2 unspecified atom stereocenters. The minimum absolute atomic E-state index is 0.0495. The van der Waals surface area contributed by atoms with E-state index in [4.69, 9.17) is 9.84 Å². The van der Waals surface area contributed by atoms with E-state index >= 15 is 0 Å². The van der Waals surface area contributed by atoms with Gasteiger partial charge in [-0.2, -0.15) is 31.4 Å². The summed E-state index contributed by atoms with van der Waals surface area (Å²) in [7, 11) is 0. The zero-order chi connectivity index (χ0) is 38.2. The number of piperidine rings is 1. The lowest BCUT2D eigenvalue weighted by atomic mass is 9.82. The molecule has 15 heteroatoms. The topological polar surface area (TPSA) is 110 Å². The van der Waals surface area contributed by atoms with Crippen LogP contribution in [0.5, 0.6) is 0 Å². The molecule has 2 N–H and O–H groups in total. The van der Waals surface area contributed by atoms with Crippen LogP contribution in [0.3, 0.4) is 0 Å². The molecule has 2 atom stereocenters. The number of nitrogens with one attached hydrogen (secondary N) is 1. The van der Waals surface area contributed by atoms with Gasteiger partial charge in [0.25, 0.3) is 5.91 Å². The van der Waals surface area contributed by atoms with Crippen LogP contribution in [0, 0.1) is 0 Å². The minimum Gasteiger partial charge on any atom is -0.457 e. The largest absolute Gasteiger partial charge is 0.457 e. The molecule has 0 spiro atoms. The molecule has 2 aliphatic heterocycles. The van der Waals surface area contributed by atoms with Crippen LogP contribution in [0.15, 0.2) is 103 Å². The zero-order valence-electron chi connectivity index (χ0n) is 28.4. The fraction of sp³-hybridized carbons (Fsp3) is 0.282. The average molecular weight is 750 g/mol. The Labute approximate surface area is 305 Å². The summed E-state index contributed by atoms with van der Waals surface area (Å²) in [6.45, 7) is 0.0194. The molecule has 0 aliphatic carbocycles. The van der Waals surface area contributed by atoms with Crippen LogP contribution in [0.1, 0.15) is 74.6 Å². The van der Waals surface area contributed by atoms with Gasteiger partial charge in [-0.25, -0.2) is 14.5 Å². The molecule has 1 fully saturated rings. The summed E-state index contributed by atoms with van der Waals surface area (Å²) in [5, 5.41) is 18.0. The number of hydrogen-bond acceptors (Lipinski definition) is 7. The van der Waals surface area contributed by atoms with Gasteiger partial charge in [-0.3, -0.25) is 4.79 Å². The molecule has 0 radical (unpaired) electrons. The smallest absolute Gasteiger partial charge is 0.418 e. The summed E-state index contributed by atoms with van der Waals surface area (Å²) in [5.74, 6) is -5.68. The molecular formula is C39H33F6N5O4. The van der Waals surface area contributed by atoms with Crippen molar-refractivity contribution in [3.05, 3.63) is 142 Å². The summed E-state index contributed by atoms with van der Waals surface area (Å²) in [5.41, 5.74) is -0.310. The molecule has 5 aromatic rings. The highest BCUT2D eigenvalue weighted by molar-refractivity contribution is 5.98. The molecule has 4 heterocycles. The fourth-order valence-corrected chi connectivity index (χ4v) is 7.17. The summed E-state index contributed by atoms with van der Waals surface area (Å²) in [6.07, 6.45) is -11.4. The van der Waals surface area contributed by atoms with Gasteiger partial charge < -0.3 is 20.1 Å². The monoisotopic (exact) mass is 749 g/mol. The van der Waals surface area contributed by atoms with Crippen molar-refractivity contribution in [1.82, 2.24) is 14.8 Å². The van der Waals surface area contributed by atoms with Crippen LogP contribution in [0.2, 0.25) is 0 Å². The third-order valence-electron chi connectivity index (χ3n) is 9.77. The molecule has 1 amide bonds. The third kappa shape index (κ3) is 7.27. The van der Waals surface area contributed by atoms with Crippen LogP contribution in [0.4, 0.5) is 38.0 Å². The normalized spacial score (nSPS) is 18.0. The van der Waals surface area contributed by atoms with Gasteiger partial charge in [-0.05, 0) is 35.6 Å². The van der Waals surface area contributed by atoms with Crippen LogP contribution in [0.25, 0.3) is 0 Å². The molecule has 0 saturated carbocycles. The first-order chi connectivity index (χ1) is 25.8. The number of amides is 1. The first kappa shape index (κ1) is 36.6. The van der Waals surface area contributed by atoms with Gasteiger partial charge in [0.05, 0.1) is 16.8 Å². The molecular weight excluding hydrogens is 716 g/mol. The average Bonchev–Trinajstić information content (AvgIpc) is 3.52. The van der Waals surface area contributed by atoms with Gasteiger partial charge in [0.15, 0.2) is 0 Å². The second kappa shape index (κ2) is 14.6. The highest BCUT2D eigenvalue weighted by Crippen LogP contribution is 2.49. The number of esters is 1. The molecule has 1 saturated heterocycles. The first-order valence-corrected chi connectivity index (χ1v) is 17.1. The number of hydrogen-bond donors (Lipinski definition) is 2. The summed E-state index contributed by atoms with van der Waals surface area (Å²) in [6, 6.07) is 26.6. The predicted octanol–water partition coefficient (Wildman–Crippen LogP) is 7.63. The number of halogens is 6. The lowest BCUT2D eigenvalue weighted by molar-refractivity contribution is -0.177. The quantitative estimate of drug-likeness (QED) is 0.124. The third-order valence-corrected chi connectivity index (χ3v) is 9.77. The van der Waals surface area contributed by atoms with E-state index in [1.165, 1.54) is 4.68 Å². The predicted molar refractivity (Wildman–Crippen MR) is 185 cm³/mol. The molecule has 2 aromatic heterocycles. The maximum atomic E-state index is 14.8. The Kier molecular flexibility index (Phi) is 9.92. The number of pyridine rings is 1. The second-order valence-electron chi connectivity index (χ2n) is 13.2. The maximum absolute atomic E-state index is 14.8. The van der Waals surface area contributed by atoms with Crippen LogP contribution in [-0.2, 0) is 22.3 Å². The highest BCUT2D eigenvalue weighted by Gasteiger charge is 2.55. The Hall–Kier alpha value is -5.70. The first-order valence-electron chi connectivity index (χ1n) is 17.1. The SMILES string of the molecule is O=C(OCc1ccccc1)c1cc(N2CCC(c3nn(C(c4ccccc4)c4ccccc4)c4c3C(C(F)(F)F)C(O)C(=O)N4)CC2)ncc1C(F)(F)F. The van der Waals surface area contributed by atoms with E-state index in [1.807, 2.05) is 0 Å². The van der Waals surface area contributed by atoms with E-state index in [0.717, 1.165) is 6.07 Å². The number of fused-ring (bicyclic) bond motifs is 1. The van der Waals surface area contributed by atoms with Crippen molar-refractivity contribution in [1.29, 1.82) is 0 Å². The number of aliphatic hydroxyl groups is 1. The van der Waals surface area contributed by atoms with Crippen molar-refractivity contribution >= 4 is 23.5 Å². The Morgan fingerprint density at radius 1 is 0.889 bits per heavy atom. The number of aromatic nitrogens is 3. The van der Waals surface area contributed by atoms with Gasteiger partial charge in [0.2, 0.25) is 0 Å². The van der Waals surface area contributed by atoms with Gasteiger partial charge in [0.1, 0.15) is 36.3 Å². The van der Waals surface area contributed by atoms with Crippen LogP contribution < -0.4 is 10.2 Å². The van der Waals surface area contributed by atoms with E-state index in [-0.39, 0.29) is 55.4 Å². The maximum Gasteiger partial charge on any atom is 0.418 e. The van der Waals surface area contributed by atoms with E-state index in [2.05, 4.69) is 10.3 Å². The number of benzene rings is 3. The van der Waals surface area contributed by atoms with Gasteiger partial charge in [-0.15, -0.1) is 0 Å². The molecule has 3 aromatic carbocycles. The lowest BCUT2D eigenvalue weighted by Gasteiger charge is -2.35. The van der Waals surface area contributed by atoms with Crippen LogP contribution >= 0.6 is 0 Å². The van der Waals surface area contributed by atoms with Crippen LogP contribution in [-0.4, -0.2) is 57.1 Å². The van der Waals surface area contributed by atoms with Crippen molar-refractivity contribution in [3.8, 4) is 0 Å².